The molecule has 0 saturated heterocycles. The fourth-order valence-corrected chi connectivity index (χ4v) is 3.47. The Hall–Kier alpha value is -3.25. The largest absolute Gasteiger partial charge is 0.457 e. The molecule has 29 heavy (non-hydrogen) atoms. The van der Waals surface area contributed by atoms with Crippen LogP contribution in [-0.2, 0) is 0 Å². The van der Waals surface area contributed by atoms with Crippen LogP contribution in [0, 0.1) is 12.7 Å². The highest BCUT2D eigenvalue weighted by Gasteiger charge is 2.18. The lowest BCUT2D eigenvalue weighted by Gasteiger charge is -2.13. The van der Waals surface area contributed by atoms with Crippen molar-refractivity contribution in [2.24, 2.45) is 0 Å². The second kappa shape index (κ2) is 7.64. The normalized spacial score (nSPS) is 10.9. The van der Waals surface area contributed by atoms with E-state index in [-0.39, 0.29) is 5.82 Å². The molecule has 146 valence electrons. The summed E-state index contributed by atoms with van der Waals surface area (Å²) in [6.45, 7) is 1.96. The number of furan rings is 1. The van der Waals surface area contributed by atoms with Crippen LogP contribution in [-0.4, -0.2) is 13.3 Å². The number of benzene rings is 3. The molecule has 0 aliphatic rings. The first-order valence-corrected chi connectivity index (χ1v) is 9.35. The van der Waals surface area contributed by atoms with Crippen molar-refractivity contribution in [3.63, 3.8) is 0 Å². The molecule has 0 N–H and O–H groups in total. The molecule has 0 aliphatic carbocycles. The van der Waals surface area contributed by atoms with Crippen LogP contribution in [0.1, 0.15) is 15.9 Å². The van der Waals surface area contributed by atoms with E-state index in [9.17, 15) is 9.18 Å². The number of thiol groups is 1. The highest BCUT2D eigenvalue weighted by molar-refractivity contribution is 7.81. The lowest BCUT2D eigenvalue weighted by molar-refractivity contribution is 0.112. The van der Waals surface area contributed by atoms with E-state index in [0.717, 1.165) is 28.5 Å². The van der Waals surface area contributed by atoms with E-state index in [1.165, 1.54) is 12.1 Å². The van der Waals surface area contributed by atoms with Crippen molar-refractivity contribution in [1.82, 2.24) is 0 Å². The van der Waals surface area contributed by atoms with Gasteiger partial charge >= 0.3 is 0 Å². The third kappa shape index (κ3) is 3.71. The summed E-state index contributed by atoms with van der Waals surface area (Å²) in [6, 6.07) is 16.8. The zero-order valence-corrected chi connectivity index (χ0v) is 16.7. The Bertz CT molecular complexity index is 1180. The third-order valence-corrected chi connectivity index (χ3v) is 4.89. The van der Waals surface area contributed by atoms with Crippen molar-refractivity contribution in [3.8, 4) is 22.8 Å². The standard InChI is InChI=1S/C23H18FNO3S/c1-14-11-19-20(13-26)23(28-22(19)12-21(14)25(2)29)15-3-7-17(8-4-15)27-18-9-5-16(24)6-10-18/h3-13,29H,1-2H3. The van der Waals surface area contributed by atoms with E-state index >= 15 is 0 Å². The summed E-state index contributed by atoms with van der Waals surface area (Å²) in [5.41, 5.74) is 3.78. The number of carbonyl (C=O) groups excluding carboxylic acids is 1. The molecule has 4 aromatic rings. The van der Waals surface area contributed by atoms with Gasteiger partial charge in [-0.2, -0.15) is 0 Å². The molecule has 0 spiro atoms. The van der Waals surface area contributed by atoms with Gasteiger partial charge in [-0.1, -0.05) is 12.8 Å². The molecule has 4 nitrogen and oxygen atoms in total. The fourth-order valence-electron chi connectivity index (χ4n) is 3.25. The van der Waals surface area contributed by atoms with Crippen LogP contribution in [0.25, 0.3) is 22.3 Å². The van der Waals surface area contributed by atoms with Crippen LogP contribution in [0.15, 0.2) is 65.1 Å². The number of anilines is 1. The van der Waals surface area contributed by atoms with Crippen LogP contribution in [0.2, 0.25) is 0 Å². The molecule has 0 bridgehead atoms. The van der Waals surface area contributed by atoms with Crippen LogP contribution in [0.3, 0.4) is 0 Å². The van der Waals surface area contributed by atoms with Gasteiger partial charge < -0.3 is 13.5 Å². The summed E-state index contributed by atoms with van der Waals surface area (Å²) >= 11 is 4.35. The summed E-state index contributed by atoms with van der Waals surface area (Å²) in [7, 11) is 1.83. The molecule has 4 rings (SSSR count). The molecular formula is C23H18FNO3S. The molecule has 0 aliphatic heterocycles. The number of fused-ring (bicyclic) bond motifs is 1. The molecule has 1 aromatic heterocycles. The van der Waals surface area contributed by atoms with Gasteiger partial charge in [0.15, 0.2) is 6.29 Å². The lowest BCUT2D eigenvalue weighted by atomic mass is 10.0. The van der Waals surface area contributed by atoms with Crippen molar-refractivity contribution in [2.45, 2.75) is 6.92 Å². The first-order chi connectivity index (χ1) is 14.0. The van der Waals surface area contributed by atoms with E-state index in [1.807, 2.05) is 38.2 Å². The number of halogens is 1. The van der Waals surface area contributed by atoms with Gasteiger partial charge in [0, 0.05) is 24.1 Å². The maximum absolute atomic E-state index is 13.0. The summed E-state index contributed by atoms with van der Waals surface area (Å²) in [5, 5.41) is 0.762. The minimum atomic E-state index is -0.318. The molecule has 0 saturated carbocycles. The molecule has 0 radical (unpaired) electrons. The van der Waals surface area contributed by atoms with Gasteiger partial charge in [0.05, 0.1) is 11.3 Å². The average Bonchev–Trinajstić information content (AvgIpc) is 3.07. The fraction of sp³-hybridized carbons (Fsp3) is 0.0870. The van der Waals surface area contributed by atoms with Gasteiger partial charge in [-0.3, -0.25) is 4.79 Å². The number of aldehydes is 1. The maximum atomic E-state index is 13.0. The summed E-state index contributed by atoms with van der Waals surface area (Å²) in [5.74, 6) is 1.32. The SMILES string of the molecule is Cc1cc2c(C=O)c(-c3ccc(Oc4ccc(F)cc4)cc3)oc2cc1N(C)S. The molecule has 0 unspecified atom stereocenters. The van der Waals surface area contributed by atoms with Gasteiger partial charge in [-0.25, -0.2) is 4.39 Å². The average molecular weight is 407 g/mol. The van der Waals surface area contributed by atoms with Gasteiger partial charge in [0.25, 0.3) is 0 Å². The highest BCUT2D eigenvalue weighted by atomic mass is 32.1. The van der Waals surface area contributed by atoms with Crippen molar-refractivity contribution in [1.29, 1.82) is 0 Å². The number of nitrogens with zero attached hydrogens (tertiary/aromatic N) is 1. The molecule has 0 atom stereocenters. The number of hydrogen-bond donors (Lipinski definition) is 1. The third-order valence-electron chi connectivity index (χ3n) is 4.68. The van der Waals surface area contributed by atoms with E-state index in [2.05, 4.69) is 12.8 Å². The monoisotopic (exact) mass is 407 g/mol. The zero-order chi connectivity index (χ0) is 20.5. The lowest BCUT2D eigenvalue weighted by Crippen LogP contribution is -2.02. The van der Waals surface area contributed by atoms with E-state index < -0.39 is 0 Å². The minimum Gasteiger partial charge on any atom is -0.457 e. The Morgan fingerprint density at radius 3 is 2.24 bits per heavy atom. The molecular weight excluding hydrogens is 389 g/mol. The number of ether oxygens (including phenoxy) is 1. The van der Waals surface area contributed by atoms with Crippen LogP contribution in [0.5, 0.6) is 11.5 Å². The second-order valence-corrected chi connectivity index (χ2v) is 7.30. The van der Waals surface area contributed by atoms with Crippen LogP contribution >= 0.6 is 12.8 Å². The number of rotatable bonds is 5. The molecule has 0 amide bonds. The Balaban J connectivity index is 1.70. The van der Waals surface area contributed by atoms with Crippen LogP contribution < -0.4 is 9.04 Å². The highest BCUT2D eigenvalue weighted by Crippen LogP contribution is 2.37. The smallest absolute Gasteiger partial charge is 0.154 e. The van der Waals surface area contributed by atoms with Gasteiger partial charge in [0.1, 0.15) is 28.7 Å². The summed E-state index contributed by atoms with van der Waals surface area (Å²) in [4.78, 5) is 11.8. The number of aryl methyl sites for hydroxylation is 1. The molecule has 1 heterocycles. The van der Waals surface area contributed by atoms with Crippen molar-refractivity contribution in [3.05, 3.63) is 77.6 Å². The first kappa shape index (κ1) is 19.1. The quantitative estimate of drug-likeness (QED) is 0.306. The number of carbonyl (C=O) groups is 1. The first-order valence-electron chi connectivity index (χ1n) is 8.95. The maximum Gasteiger partial charge on any atom is 0.154 e. The Labute approximate surface area is 173 Å². The van der Waals surface area contributed by atoms with Gasteiger partial charge in [-0.15, -0.1) is 0 Å². The molecule has 0 fully saturated rings. The van der Waals surface area contributed by atoms with Crippen molar-refractivity contribution < 1.29 is 18.3 Å². The Morgan fingerprint density at radius 1 is 1.03 bits per heavy atom. The topological polar surface area (TPSA) is 42.7 Å². The summed E-state index contributed by atoms with van der Waals surface area (Å²) in [6.07, 6.45) is 0.813. The molecule has 3 aromatic carbocycles. The zero-order valence-electron chi connectivity index (χ0n) is 15.8. The number of hydrogen-bond acceptors (Lipinski definition) is 5. The minimum absolute atomic E-state index is 0.318. The summed E-state index contributed by atoms with van der Waals surface area (Å²) < 4.78 is 26.5. The van der Waals surface area contributed by atoms with Crippen molar-refractivity contribution >= 4 is 35.8 Å². The van der Waals surface area contributed by atoms with E-state index in [0.29, 0.717) is 28.4 Å². The predicted molar refractivity (Wildman–Crippen MR) is 116 cm³/mol. The van der Waals surface area contributed by atoms with Gasteiger partial charge in [0.2, 0.25) is 0 Å². The van der Waals surface area contributed by atoms with E-state index in [4.69, 9.17) is 9.15 Å². The second-order valence-electron chi connectivity index (χ2n) is 6.70. The van der Waals surface area contributed by atoms with E-state index in [1.54, 1.807) is 28.6 Å². The Morgan fingerprint density at radius 2 is 1.66 bits per heavy atom. The Kier molecular flexibility index (Phi) is 5.03. The molecule has 6 heteroatoms. The van der Waals surface area contributed by atoms with Crippen LogP contribution in [0.4, 0.5) is 10.1 Å². The van der Waals surface area contributed by atoms with Crippen molar-refractivity contribution in [2.75, 3.05) is 11.4 Å². The van der Waals surface area contributed by atoms with Gasteiger partial charge in [-0.05, 0) is 67.1 Å². The predicted octanol–water partition coefficient (Wildman–Crippen LogP) is 6.43.